The summed E-state index contributed by atoms with van der Waals surface area (Å²) in [6.45, 7) is 4.99. The van der Waals surface area contributed by atoms with Crippen LogP contribution in [0.3, 0.4) is 0 Å². The molecule has 0 saturated carbocycles. The van der Waals surface area contributed by atoms with Crippen LogP contribution in [0.2, 0.25) is 0 Å². The minimum absolute atomic E-state index is 0.105. The molecule has 2 aromatic heterocycles. The fraction of sp³-hybridized carbons (Fsp3) is 0.429. The van der Waals surface area contributed by atoms with Gasteiger partial charge in [-0.15, -0.1) is 5.10 Å². The topological polar surface area (TPSA) is 91.1 Å². The van der Waals surface area contributed by atoms with E-state index in [2.05, 4.69) is 20.0 Å². The normalized spacial score (nSPS) is 17.1. The van der Waals surface area contributed by atoms with E-state index in [1.54, 1.807) is 10.6 Å². The van der Waals surface area contributed by atoms with E-state index >= 15 is 0 Å². The zero-order chi connectivity index (χ0) is 21.8. The van der Waals surface area contributed by atoms with Gasteiger partial charge in [0.05, 0.1) is 19.3 Å². The Morgan fingerprint density at radius 2 is 2.16 bits per heavy atom. The van der Waals surface area contributed by atoms with Gasteiger partial charge < -0.3 is 14.2 Å². The van der Waals surface area contributed by atoms with E-state index in [4.69, 9.17) is 14.2 Å². The molecule has 31 heavy (non-hydrogen) atoms. The Labute approximate surface area is 184 Å². The van der Waals surface area contributed by atoms with Gasteiger partial charge in [-0.2, -0.15) is 9.50 Å². The van der Waals surface area contributed by atoms with Gasteiger partial charge in [0.25, 0.3) is 5.78 Å². The molecule has 0 amide bonds. The fourth-order valence-corrected chi connectivity index (χ4v) is 3.87. The van der Waals surface area contributed by atoms with Gasteiger partial charge in [0, 0.05) is 31.4 Å². The molecule has 10 heteroatoms. The Bertz CT molecular complexity index is 1070. The summed E-state index contributed by atoms with van der Waals surface area (Å²) >= 11 is 1.46. The first kappa shape index (κ1) is 21.5. The van der Waals surface area contributed by atoms with Crippen LogP contribution in [0.15, 0.2) is 35.5 Å². The Morgan fingerprint density at radius 1 is 1.32 bits per heavy atom. The van der Waals surface area contributed by atoms with E-state index in [-0.39, 0.29) is 12.1 Å². The number of hydrogen-bond donors (Lipinski definition) is 0. The van der Waals surface area contributed by atoms with E-state index in [1.807, 2.05) is 37.4 Å². The molecule has 4 rings (SSSR count). The highest BCUT2D eigenvalue weighted by atomic mass is 32.2. The molecular weight excluding hydrogens is 418 g/mol. The second-order valence-electron chi connectivity index (χ2n) is 7.23. The summed E-state index contributed by atoms with van der Waals surface area (Å²) in [6.07, 6.45) is 1.82. The Morgan fingerprint density at radius 3 is 2.97 bits per heavy atom. The molecule has 1 fully saturated rings. The number of morpholine rings is 1. The zero-order valence-corrected chi connectivity index (χ0v) is 18.6. The van der Waals surface area contributed by atoms with Crippen LogP contribution in [-0.2, 0) is 16.0 Å². The number of aromatic nitrogens is 4. The molecule has 0 aliphatic carbocycles. The first-order valence-electron chi connectivity index (χ1n) is 9.98. The lowest BCUT2D eigenvalue weighted by molar-refractivity contribution is -0.0513. The zero-order valence-electron chi connectivity index (χ0n) is 17.8. The predicted molar refractivity (Wildman–Crippen MR) is 116 cm³/mol. The van der Waals surface area contributed by atoms with E-state index in [0.29, 0.717) is 48.7 Å². The van der Waals surface area contributed by atoms with Crippen molar-refractivity contribution in [1.82, 2.24) is 24.5 Å². The van der Waals surface area contributed by atoms with E-state index in [1.165, 1.54) is 18.9 Å². The number of hydrogen-bond acceptors (Lipinski definition) is 9. The van der Waals surface area contributed by atoms with Gasteiger partial charge in [-0.05, 0) is 24.8 Å². The lowest BCUT2D eigenvalue weighted by Gasteiger charge is -2.33. The molecule has 1 aliphatic rings. The van der Waals surface area contributed by atoms with Crippen LogP contribution in [-0.4, -0.2) is 76.2 Å². The van der Waals surface area contributed by atoms with Gasteiger partial charge in [-0.25, -0.2) is 9.78 Å². The average Bonchev–Trinajstić information content (AvgIpc) is 3.21. The number of thioether (sulfide) groups is 1. The number of aryl methyl sites for hydroxylation is 1. The van der Waals surface area contributed by atoms with E-state index in [9.17, 15) is 4.79 Å². The van der Waals surface area contributed by atoms with Crippen molar-refractivity contribution in [3.8, 4) is 5.88 Å². The van der Waals surface area contributed by atoms with Crippen LogP contribution in [0.1, 0.15) is 21.6 Å². The first-order chi connectivity index (χ1) is 15.1. The van der Waals surface area contributed by atoms with Crippen LogP contribution in [0, 0.1) is 6.92 Å². The van der Waals surface area contributed by atoms with Crippen LogP contribution in [0.25, 0.3) is 5.78 Å². The predicted octanol–water partition coefficient (Wildman–Crippen LogP) is 2.22. The van der Waals surface area contributed by atoms with Crippen molar-refractivity contribution in [3.63, 3.8) is 0 Å². The Hall–Kier alpha value is -2.69. The van der Waals surface area contributed by atoms with Crippen LogP contribution in [0.4, 0.5) is 0 Å². The molecule has 0 radical (unpaired) electrons. The van der Waals surface area contributed by atoms with Gasteiger partial charge in [0.15, 0.2) is 0 Å². The fourth-order valence-electron chi connectivity index (χ4n) is 3.54. The molecule has 3 aromatic rings. The number of fused-ring (bicyclic) bond motifs is 1. The summed E-state index contributed by atoms with van der Waals surface area (Å²) in [7, 11) is 1.40. The molecule has 1 atom stereocenters. The maximum absolute atomic E-state index is 12.1. The SMILES string of the molecule is COC(=O)c1ccccc1CN1CCOC(COc2cc(C)nc3nc(SC)nn23)C1. The lowest BCUT2D eigenvalue weighted by atomic mass is 10.1. The summed E-state index contributed by atoms with van der Waals surface area (Å²) < 4.78 is 18.5. The standard InChI is InChI=1S/C21H25N5O4S/c1-14-10-18(26-20(22-14)23-21(24-26)31-3)30-13-16-12-25(8-9-29-16)11-15-6-4-5-7-17(15)19(27)28-2/h4-7,10,16H,8-9,11-13H2,1-3H3. The number of benzene rings is 1. The Kier molecular flexibility index (Phi) is 6.69. The van der Waals surface area contributed by atoms with Gasteiger partial charge in [-0.1, -0.05) is 30.0 Å². The maximum Gasteiger partial charge on any atom is 0.338 e. The third kappa shape index (κ3) is 4.97. The highest BCUT2D eigenvalue weighted by Gasteiger charge is 2.23. The molecule has 164 valence electrons. The second kappa shape index (κ2) is 9.63. The van der Waals surface area contributed by atoms with Gasteiger partial charge in [0.1, 0.15) is 12.7 Å². The minimum atomic E-state index is -0.321. The van der Waals surface area contributed by atoms with Crippen molar-refractivity contribution in [3.05, 3.63) is 47.2 Å². The van der Waals surface area contributed by atoms with Crippen LogP contribution in [0.5, 0.6) is 5.88 Å². The number of ether oxygens (including phenoxy) is 3. The van der Waals surface area contributed by atoms with Crippen molar-refractivity contribution >= 4 is 23.5 Å². The van der Waals surface area contributed by atoms with Crippen molar-refractivity contribution in [2.24, 2.45) is 0 Å². The summed E-state index contributed by atoms with van der Waals surface area (Å²) in [6, 6.07) is 9.37. The third-order valence-corrected chi connectivity index (χ3v) is 5.57. The molecule has 0 N–H and O–H groups in total. The molecule has 1 aliphatic heterocycles. The summed E-state index contributed by atoms with van der Waals surface area (Å²) in [4.78, 5) is 23.1. The number of methoxy groups -OCH3 is 1. The monoisotopic (exact) mass is 443 g/mol. The van der Waals surface area contributed by atoms with Crippen molar-refractivity contribution in [2.75, 3.05) is 39.7 Å². The molecule has 1 saturated heterocycles. The smallest absolute Gasteiger partial charge is 0.338 e. The molecule has 9 nitrogen and oxygen atoms in total. The maximum atomic E-state index is 12.1. The number of carbonyl (C=O) groups excluding carboxylic acids is 1. The largest absolute Gasteiger partial charge is 0.475 e. The van der Waals surface area contributed by atoms with Gasteiger partial charge >= 0.3 is 5.97 Å². The number of carbonyl (C=O) groups is 1. The van der Waals surface area contributed by atoms with Gasteiger partial charge in [-0.3, -0.25) is 4.90 Å². The highest BCUT2D eigenvalue weighted by molar-refractivity contribution is 7.98. The van der Waals surface area contributed by atoms with Crippen molar-refractivity contribution in [2.45, 2.75) is 24.7 Å². The van der Waals surface area contributed by atoms with Crippen molar-refractivity contribution in [1.29, 1.82) is 0 Å². The molecule has 1 unspecified atom stereocenters. The van der Waals surface area contributed by atoms with E-state index in [0.717, 1.165) is 17.8 Å². The molecule has 3 heterocycles. The molecule has 0 spiro atoms. The van der Waals surface area contributed by atoms with Crippen molar-refractivity contribution < 1.29 is 19.0 Å². The molecule has 0 bridgehead atoms. The summed E-state index contributed by atoms with van der Waals surface area (Å²) in [5, 5.41) is 5.07. The van der Waals surface area contributed by atoms with Gasteiger partial charge in [0.2, 0.25) is 11.0 Å². The minimum Gasteiger partial charge on any atom is -0.475 e. The lowest BCUT2D eigenvalue weighted by Crippen LogP contribution is -2.44. The second-order valence-corrected chi connectivity index (χ2v) is 8.01. The quantitative estimate of drug-likeness (QED) is 0.403. The number of rotatable bonds is 7. The number of esters is 1. The van der Waals surface area contributed by atoms with E-state index < -0.39 is 0 Å². The first-order valence-corrected chi connectivity index (χ1v) is 11.2. The highest BCUT2D eigenvalue weighted by Crippen LogP contribution is 2.19. The summed E-state index contributed by atoms with van der Waals surface area (Å²) in [5.74, 6) is 0.787. The average molecular weight is 444 g/mol. The molecular formula is C21H25N5O4S. The third-order valence-electron chi connectivity index (χ3n) is 5.03. The Balaban J connectivity index is 1.42. The molecule has 1 aromatic carbocycles. The van der Waals surface area contributed by atoms with Crippen LogP contribution >= 0.6 is 11.8 Å². The van der Waals surface area contributed by atoms with Crippen LogP contribution < -0.4 is 4.74 Å². The number of nitrogens with zero attached hydrogens (tertiary/aromatic N) is 5. The summed E-state index contributed by atoms with van der Waals surface area (Å²) in [5.41, 5.74) is 2.34.